The van der Waals surface area contributed by atoms with Gasteiger partial charge in [0.15, 0.2) is 0 Å². The number of hydrogen-bond acceptors (Lipinski definition) is 1. The number of unbranched alkanes of at least 4 members (excludes halogenated alkanes) is 6. The van der Waals surface area contributed by atoms with Crippen molar-refractivity contribution in [3.63, 3.8) is 0 Å². The predicted octanol–water partition coefficient (Wildman–Crippen LogP) is 3.53. The molecule has 0 aliphatic rings. The number of hydrogen-bond donors (Lipinski definition) is 1. The Hall–Kier alpha value is 0.440. The van der Waals surface area contributed by atoms with Crippen molar-refractivity contribution in [2.24, 2.45) is 0 Å². The highest BCUT2D eigenvalue weighted by Crippen LogP contribution is 2.05. The molecule has 0 amide bonds. The van der Waals surface area contributed by atoms with Gasteiger partial charge in [-0.1, -0.05) is 45.4 Å². The van der Waals surface area contributed by atoms with Crippen LogP contribution in [0.2, 0.25) is 0 Å². The molecular weight excluding hydrogens is 214 g/mol. The molecule has 0 aromatic carbocycles. The number of nitrogens with one attached hydrogen (secondary N) is 1. The fourth-order valence-electron chi connectivity index (χ4n) is 1.26. The fraction of sp³-hybridized carbons (Fsp3) is 1.00. The van der Waals surface area contributed by atoms with E-state index < -0.39 is 0 Å². The molecule has 0 spiro atoms. The predicted molar refractivity (Wildman–Crippen MR) is 62.2 cm³/mol. The second kappa shape index (κ2) is 14.0. The van der Waals surface area contributed by atoms with Crippen molar-refractivity contribution in [3.8, 4) is 0 Å². The van der Waals surface area contributed by atoms with Crippen molar-refractivity contribution in [3.05, 3.63) is 0 Å². The van der Waals surface area contributed by atoms with E-state index in [1.54, 1.807) is 0 Å². The van der Waals surface area contributed by atoms with Gasteiger partial charge in [0.05, 0.1) is 0 Å². The maximum Gasteiger partial charge on any atom is -0.00519 e. The molecule has 0 saturated carbocycles. The lowest BCUT2D eigenvalue weighted by Crippen LogP contribution is -2.06. The van der Waals surface area contributed by atoms with Gasteiger partial charge in [-0.15, -0.1) is 17.0 Å². The molecule has 1 N–H and O–H groups in total. The zero-order chi connectivity index (χ0) is 8.36. The largest absolute Gasteiger partial charge is 0.320 e. The third kappa shape index (κ3) is 13.1. The lowest BCUT2D eigenvalue weighted by atomic mass is 10.1. The van der Waals surface area contributed by atoms with Gasteiger partial charge in [0.2, 0.25) is 0 Å². The minimum atomic E-state index is 0. The van der Waals surface area contributed by atoms with Gasteiger partial charge >= 0.3 is 0 Å². The summed E-state index contributed by atoms with van der Waals surface area (Å²) in [5, 5.41) is 3.17. The smallest absolute Gasteiger partial charge is 0.00519 e. The van der Waals surface area contributed by atoms with Crippen LogP contribution in [0.3, 0.4) is 0 Å². The summed E-state index contributed by atoms with van der Waals surface area (Å²) in [7, 11) is 2.02. The van der Waals surface area contributed by atoms with Crippen LogP contribution in [0.25, 0.3) is 0 Å². The third-order valence-electron chi connectivity index (χ3n) is 2.03. The third-order valence-corrected chi connectivity index (χ3v) is 2.03. The second-order valence-electron chi connectivity index (χ2n) is 3.22. The lowest BCUT2D eigenvalue weighted by molar-refractivity contribution is 0.578. The molecule has 0 unspecified atom stereocenters. The van der Waals surface area contributed by atoms with Gasteiger partial charge in [-0.3, -0.25) is 0 Å². The summed E-state index contributed by atoms with van der Waals surface area (Å²) < 4.78 is 0. The van der Waals surface area contributed by atoms with Gasteiger partial charge in [-0.05, 0) is 20.0 Å². The Labute approximate surface area is 88.1 Å². The Morgan fingerprint density at radius 1 is 0.833 bits per heavy atom. The summed E-state index contributed by atoms with van der Waals surface area (Å²) in [6, 6.07) is 0. The molecule has 1 nitrogen and oxygen atoms in total. The highest BCUT2D eigenvalue weighted by atomic mass is 79.9. The molecule has 76 valence electrons. The Kier molecular flexibility index (Phi) is 17.4. The molecule has 0 rings (SSSR count). The van der Waals surface area contributed by atoms with E-state index in [-0.39, 0.29) is 17.0 Å². The number of halogens is 1. The summed E-state index contributed by atoms with van der Waals surface area (Å²) in [5.41, 5.74) is 0. The first-order valence-electron chi connectivity index (χ1n) is 5.06. The van der Waals surface area contributed by atoms with Crippen LogP contribution in [-0.2, 0) is 0 Å². The van der Waals surface area contributed by atoms with Gasteiger partial charge in [0.1, 0.15) is 0 Å². The molecule has 0 fully saturated rings. The van der Waals surface area contributed by atoms with E-state index in [9.17, 15) is 0 Å². The van der Waals surface area contributed by atoms with Crippen LogP contribution in [0.1, 0.15) is 51.9 Å². The summed E-state index contributed by atoms with van der Waals surface area (Å²) in [4.78, 5) is 0. The van der Waals surface area contributed by atoms with Crippen molar-refractivity contribution in [1.29, 1.82) is 0 Å². The van der Waals surface area contributed by atoms with Gasteiger partial charge in [-0.2, -0.15) is 0 Å². The van der Waals surface area contributed by atoms with Crippen molar-refractivity contribution in [2.75, 3.05) is 13.6 Å². The van der Waals surface area contributed by atoms with E-state index in [2.05, 4.69) is 12.2 Å². The summed E-state index contributed by atoms with van der Waals surface area (Å²) in [6.07, 6.45) is 9.85. The van der Waals surface area contributed by atoms with E-state index in [0.29, 0.717) is 0 Å². The van der Waals surface area contributed by atoms with Crippen molar-refractivity contribution >= 4 is 17.0 Å². The SMILES string of the molecule is Br.CCCCCCCCCNC. The van der Waals surface area contributed by atoms with Crippen LogP contribution in [0.4, 0.5) is 0 Å². The maximum atomic E-state index is 3.17. The molecule has 12 heavy (non-hydrogen) atoms. The fourth-order valence-corrected chi connectivity index (χ4v) is 1.26. The average molecular weight is 238 g/mol. The van der Waals surface area contributed by atoms with Crippen LogP contribution in [0, 0.1) is 0 Å². The van der Waals surface area contributed by atoms with E-state index in [1.807, 2.05) is 7.05 Å². The highest BCUT2D eigenvalue weighted by molar-refractivity contribution is 8.93. The van der Waals surface area contributed by atoms with Crippen molar-refractivity contribution < 1.29 is 0 Å². The normalized spacial score (nSPS) is 9.50. The van der Waals surface area contributed by atoms with Crippen LogP contribution in [-0.4, -0.2) is 13.6 Å². The minimum Gasteiger partial charge on any atom is -0.320 e. The first kappa shape index (κ1) is 14.9. The molecule has 0 aliphatic heterocycles. The minimum absolute atomic E-state index is 0. The summed E-state index contributed by atoms with van der Waals surface area (Å²) >= 11 is 0. The average Bonchev–Trinajstić information content (AvgIpc) is 2.03. The Balaban J connectivity index is 0. The molecule has 0 bridgehead atoms. The Bertz CT molecular complexity index is 58.9. The van der Waals surface area contributed by atoms with Gasteiger partial charge in [-0.25, -0.2) is 0 Å². The Morgan fingerprint density at radius 3 is 1.83 bits per heavy atom. The standard InChI is InChI=1S/C10H23N.BrH/c1-3-4-5-6-7-8-9-10-11-2;/h11H,3-10H2,1-2H3;1H. The first-order chi connectivity index (χ1) is 5.41. The van der Waals surface area contributed by atoms with E-state index in [4.69, 9.17) is 0 Å². The molecule has 0 saturated heterocycles. The van der Waals surface area contributed by atoms with Crippen LogP contribution >= 0.6 is 17.0 Å². The first-order valence-corrected chi connectivity index (χ1v) is 5.06. The molecular formula is C10H24BrN. The van der Waals surface area contributed by atoms with Crippen LogP contribution in [0.15, 0.2) is 0 Å². The molecule has 0 atom stereocenters. The molecule has 2 heteroatoms. The van der Waals surface area contributed by atoms with Crippen molar-refractivity contribution in [1.82, 2.24) is 5.32 Å². The molecule has 0 aromatic rings. The van der Waals surface area contributed by atoms with Gasteiger partial charge < -0.3 is 5.32 Å². The highest BCUT2D eigenvalue weighted by Gasteiger charge is 1.88. The quantitative estimate of drug-likeness (QED) is 0.638. The van der Waals surface area contributed by atoms with E-state index >= 15 is 0 Å². The van der Waals surface area contributed by atoms with Crippen LogP contribution < -0.4 is 5.32 Å². The lowest BCUT2D eigenvalue weighted by Gasteiger charge is -1.99. The number of rotatable bonds is 8. The second-order valence-corrected chi connectivity index (χ2v) is 3.22. The summed E-state index contributed by atoms with van der Waals surface area (Å²) in [6.45, 7) is 3.45. The van der Waals surface area contributed by atoms with Crippen LogP contribution in [0.5, 0.6) is 0 Å². The Morgan fingerprint density at radius 2 is 1.33 bits per heavy atom. The zero-order valence-electron chi connectivity index (χ0n) is 8.57. The van der Waals surface area contributed by atoms with Gasteiger partial charge in [0, 0.05) is 0 Å². The topological polar surface area (TPSA) is 12.0 Å². The molecule has 0 heterocycles. The summed E-state index contributed by atoms with van der Waals surface area (Å²) in [5.74, 6) is 0. The molecule has 0 radical (unpaired) electrons. The molecule has 0 aliphatic carbocycles. The van der Waals surface area contributed by atoms with E-state index in [1.165, 1.54) is 51.5 Å². The van der Waals surface area contributed by atoms with E-state index in [0.717, 1.165) is 0 Å². The maximum absolute atomic E-state index is 3.17. The van der Waals surface area contributed by atoms with Gasteiger partial charge in [0.25, 0.3) is 0 Å². The zero-order valence-corrected chi connectivity index (χ0v) is 10.3. The monoisotopic (exact) mass is 237 g/mol. The molecule has 0 aromatic heterocycles. The van der Waals surface area contributed by atoms with Crippen molar-refractivity contribution in [2.45, 2.75) is 51.9 Å².